The van der Waals surface area contributed by atoms with Gasteiger partial charge in [-0.1, -0.05) is 18.2 Å². The van der Waals surface area contributed by atoms with E-state index in [9.17, 15) is 4.79 Å². The Morgan fingerprint density at radius 1 is 1.62 bits per heavy atom. The highest BCUT2D eigenvalue weighted by molar-refractivity contribution is 5.74. The summed E-state index contributed by atoms with van der Waals surface area (Å²) in [7, 11) is 0. The maximum absolute atomic E-state index is 10.5. The normalized spacial score (nSPS) is 9.69. The molecular weight excluding hydrogens is 168 g/mol. The second-order valence-corrected chi connectivity index (χ2v) is 2.82. The van der Waals surface area contributed by atoms with Crippen LogP contribution >= 0.6 is 0 Å². The first-order valence-electron chi connectivity index (χ1n) is 3.92. The van der Waals surface area contributed by atoms with Crippen molar-refractivity contribution in [2.24, 2.45) is 5.84 Å². The van der Waals surface area contributed by atoms with Crippen LogP contribution in [0.5, 0.6) is 0 Å². The summed E-state index contributed by atoms with van der Waals surface area (Å²) < 4.78 is 0. The molecule has 0 aliphatic heterocycles. The summed E-state index contributed by atoms with van der Waals surface area (Å²) in [5.74, 6) is 4.43. The number of hydrogen-bond donors (Lipinski definition) is 3. The summed E-state index contributed by atoms with van der Waals surface area (Å²) in [6.45, 7) is 1.88. The van der Waals surface area contributed by atoms with E-state index < -0.39 is 5.97 Å². The zero-order valence-corrected chi connectivity index (χ0v) is 7.37. The minimum atomic E-state index is -0.859. The maximum Gasteiger partial charge on any atom is 0.307 e. The standard InChI is InChI=1S/C9H12N2O2/c1-6-3-2-4-7(5-8(12)13)9(6)11-10/h2-4,11H,5,10H2,1H3,(H,12,13). The summed E-state index contributed by atoms with van der Waals surface area (Å²) in [5, 5.41) is 8.61. The average Bonchev–Trinajstić information content (AvgIpc) is 2.03. The molecule has 4 nitrogen and oxygen atoms in total. The molecule has 4 heteroatoms. The molecule has 0 aliphatic rings. The number of para-hydroxylation sites is 1. The first kappa shape index (κ1) is 9.54. The molecule has 70 valence electrons. The highest BCUT2D eigenvalue weighted by Crippen LogP contribution is 2.19. The van der Waals surface area contributed by atoms with E-state index >= 15 is 0 Å². The van der Waals surface area contributed by atoms with Crippen LogP contribution in [0.1, 0.15) is 11.1 Å². The molecule has 0 spiro atoms. The van der Waals surface area contributed by atoms with Gasteiger partial charge in [0.2, 0.25) is 0 Å². The Bertz CT molecular complexity index is 323. The van der Waals surface area contributed by atoms with Gasteiger partial charge in [-0.2, -0.15) is 0 Å². The van der Waals surface area contributed by atoms with Crippen molar-refractivity contribution in [3.8, 4) is 0 Å². The molecule has 0 saturated carbocycles. The number of hydrogen-bond acceptors (Lipinski definition) is 3. The van der Waals surface area contributed by atoms with Gasteiger partial charge in [0, 0.05) is 0 Å². The van der Waals surface area contributed by atoms with Gasteiger partial charge in [0.25, 0.3) is 0 Å². The third-order valence-corrected chi connectivity index (χ3v) is 1.85. The zero-order chi connectivity index (χ0) is 9.84. The molecule has 0 amide bonds. The number of carbonyl (C=O) groups is 1. The van der Waals surface area contributed by atoms with Crippen LogP contribution in [0.4, 0.5) is 5.69 Å². The van der Waals surface area contributed by atoms with Crippen molar-refractivity contribution >= 4 is 11.7 Å². The summed E-state index contributed by atoms with van der Waals surface area (Å²) in [4.78, 5) is 10.5. The number of nitrogens with two attached hydrogens (primary N) is 1. The minimum Gasteiger partial charge on any atom is -0.481 e. The topological polar surface area (TPSA) is 75.3 Å². The molecule has 4 N–H and O–H groups in total. The number of rotatable bonds is 3. The predicted molar refractivity (Wildman–Crippen MR) is 50.3 cm³/mol. The van der Waals surface area contributed by atoms with E-state index in [0.29, 0.717) is 11.3 Å². The molecule has 0 aromatic heterocycles. The fraction of sp³-hybridized carbons (Fsp3) is 0.222. The van der Waals surface area contributed by atoms with Gasteiger partial charge in [-0.15, -0.1) is 0 Å². The van der Waals surface area contributed by atoms with Gasteiger partial charge in [0.05, 0.1) is 12.1 Å². The third-order valence-electron chi connectivity index (χ3n) is 1.85. The van der Waals surface area contributed by atoms with Crippen molar-refractivity contribution in [1.29, 1.82) is 0 Å². The molecule has 13 heavy (non-hydrogen) atoms. The van der Waals surface area contributed by atoms with E-state index in [1.165, 1.54) is 0 Å². The van der Waals surface area contributed by atoms with Crippen molar-refractivity contribution in [3.05, 3.63) is 29.3 Å². The molecule has 0 heterocycles. The number of benzene rings is 1. The maximum atomic E-state index is 10.5. The van der Waals surface area contributed by atoms with E-state index in [-0.39, 0.29) is 6.42 Å². The molecule has 1 aromatic carbocycles. The highest BCUT2D eigenvalue weighted by Gasteiger charge is 2.07. The zero-order valence-electron chi connectivity index (χ0n) is 7.37. The molecule has 0 radical (unpaired) electrons. The average molecular weight is 180 g/mol. The Labute approximate surface area is 76.3 Å². The molecule has 0 unspecified atom stereocenters. The summed E-state index contributed by atoms with van der Waals surface area (Å²) in [5.41, 5.74) is 4.85. The van der Waals surface area contributed by atoms with E-state index in [0.717, 1.165) is 5.56 Å². The molecule has 0 bridgehead atoms. The van der Waals surface area contributed by atoms with E-state index in [1.54, 1.807) is 6.07 Å². The number of nitrogens with one attached hydrogen (secondary N) is 1. The van der Waals surface area contributed by atoms with Gasteiger partial charge < -0.3 is 10.5 Å². The lowest BCUT2D eigenvalue weighted by Crippen LogP contribution is -2.12. The van der Waals surface area contributed by atoms with Crippen molar-refractivity contribution in [2.75, 3.05) is 5.43 Å². The Hall–Kier alpha value is -1.55. The third kappa shape index (κ3) is 2.19. The molecule has 1 aromatic rings. The largest absolute Gasteiger partial charge is 0.481 e. The fourth-order valence-corrected chi connectivity index (χ4v) is 1.25. The Kier molecular flexibility index (Phi) is 2.87. The Balaban J connectivity index is 3.05. The van der Waals surface area contributed by atoms with Crippen LogP contribution in [0.3, 0.4) is 0 Å². The molecule has 1 rings (SSSR count). The van der Waals surface area contributed by atoms with Gasteiger partial charge >= 0.3 is 5.97 Å². The summed E-state index contributed by atoms with van der Waals surface area (Å²) >= 11 is 0. The van der Waals surface area contributed by atoms with Crippen LogP contribution in [0.2, 0.25) is 0 Å². The number of hydrazine groups is 1. The van der Waals surface area contributed by atoms with E-state index in [1.807, 2.05) is 19.1 Å². The number of nitrogen functional groups attached to an aromatic ring is 1. The van der Waals surface area contributed by atoms with Crippen LogP contribution in [0.15, 0.2) is 18.2 Å². The quantitative estimate of drug-likeness (QED) is 0.477. The predicted octanol–water partition coefficient (Wildman–Crippen LogP) is 0.908. The molecule has 0 saturated heterocycles. The molecule has 0 aliphatic carbocycles. The van der Waals surface area contributed by atoms with Gasteiger partial charge in [-0.25, -0.2) is 0 Å². The monoisotopic (exact) mass is 180 g/mol. The lowest BCUT2D eigenvalue weighted by molar-refractivity contribution is -0.136. The SMILES string of the molecule is Cc1cccc(CC(=O)O)c1NN. The van der Waals surface area contributed by atoms with Crippen molar-refractivity contribution in [2.45, 2.75) is 13.3 Å². The van der Waals surface area contributed by atoms with E-state index in [2.05, 4.69) is 5.43 Å². The summed E-state index contributed by atoms with van der Waals surface area (Å²) in [6, 6.07) is 5.44. The molecular formula is C9H12N2O2. The highest BCUT2D eigenvalue weighted by atomic mass is 16.4. The number of carboxylic acid groups (broad SMARTS) is 1. The van der Waals surface area contributed by atoms with Gasteiger partial charge in [0.15, 0.2) is 0 Å². The van der Waals surface area contributed by atoms with Crippen LogP contribution < -0.4 is 11.3 Å². The van der Waals surface area contributed by atoms with Crippen molar-refractivity contribution in [1.82, 2.24) is 0 Å². The Morgan fingerprint density at radius 3 is 2.85 bits per heavy atom. The van der Waals surface area contributed by atoms with Crippen LogP contribution in [0, 0.1) is 6.92 Å². The lowest BCUT2D eigenvalue weighted by Gasteiger charge is -2.09. The van der Waals surface area contributed by atoms with Gasteiger partial charge in [-0.05, 0) is 18.1 Å². The first-order chi connectivity index (χ1) is 6.15. The smallest absolute Gasteiger partial charge is 0.307 e. The van der Waals surface area contributed by atoms with Gasteiger partial charge in [0.1, 0.15) is 0 Å². The van der Waals surface area contributed by atoms with Crippen molar-refractivity contribution in [3.63, 3.8) is 0 Å². The minimum absolute atomic E-state index is 0.0127. The Morgan fingerprint density at radius 2 is 2.31 bits per heavy atom. The molecule has 0 fully saturated rings. The van der Waals surface area contributed by atoms with Crippen LogP contribution in [-0.4, -0.2) is 11.1 Å². The number of aryl methyl sites for hydroxylation is 1. The van der Waals surface area contributed by atoms with Crippen LogP contribution in [-0.2, 0) is 11.2 Å². The first-order valence-corrected chi connectivity index (χ1v) is 3.92. The number of anilines is 1. The molecule has 0 atom stereocenters. The number of carboxylic acids is 1. The number of aliphatic carboxylic acids is 1. The van der Waals surface area contributed by atoms with Crippen molar-refractivity contribution < 1.29 is 9.90 Å². The van der Waals surface area contributed by atoms with Gasteiger partial charge in [-0.3, -0.25) is 10.6 Å². The van der Waals surface area contributed by atoms with E-state index in [4.69, 9.17) is 10.9 Å². The second kappa shape index (κ2) is 3.91. The van der Waals surface area contributed by atoms with Crippen LogP contribution in [0.25, 0.3) is 0 Å². The lowest BCUT2D eigenvalue weighted by atomic mass is 10.1. The fourth-order valence-electron chi connectivity index (χ4n) is 1.25. The summed E-state index contributed by atoms with van der Waals surface area (Å²) in [6.07, 6.45) is -0.0127. The second-order valence-electron chi connectivity index (χ2n) is 2.82.